The molecule has 1 rings (SSSR count). The summed E-state index contributed by atoms with van der Waals surface area (Å²) in [6.45, 7) is 3.86. The fourth-order valence-electron chi connectivity index (χ4n) is 1.31. The zero-order valence-corrected chi connectivity index (χ0v) is 9.00. The Bertz CT molecular complexity index is 364. The second kappa shape index (κ2) is 4.77. The molecule has 0 aliphatic rings. The van der Waals surface area contributed by atoms with Crippen molar-refractivity contribution in [3.8, 4) is 0 Å². The van der Waals surface area contributed by atoms with Crippen LogP contribution in [0.5, 0.6) is 0 Å². The van der Waals surface area contributed by atoms with Crippen molar-refractivity contribution in [2.75, 3.05) is 12.4 Å². The minimum absolute atomic E-state index is 0.132. The first kappa shape index (κ1) is 11.5. The topological polar surface area (TPSA) is 38.3 Å². The van der Waals surface area contributed by atoms with Crippen LogP contribution in [0.2, 0.25) is 0 Å². The second-order valence-electron chi connectivity index (χ2n) is 3.48. The van der Waals surface area contributed by atoms with Crippen LogP contribution >= 0.6 is 0 Å². The average molecular weight is 211 g/mol. The summed E-state index contributed by atoms with van der Waals surface area (Å²) < 4.78 is 17.9. The van der Waals surface area contributed by atoms with Crippen LogP contribution in [0.3, 0.4) is 0 Å². The van der Waals surface area contributed by atoms with Crippen LogP contribution in [-0.2, 0) is 4.74 Å². The first-order chi connectivity index (χ1) is 7.06. The van der Waals surface area contributed by atoms with Crippen molar-refractivity contribution in [1.29, 1.82) is 0 Å². The molecule has 0 bridgehead atoms. The number of anilines is 1. The molecule has 0 saturated heterocycles. The monoisotopic (exact) mass is 211 g/mol. The standard InChI is InChI=1S/C11H14FNO2/c1-7(2)8-5-4-6-9(12)10(8)13-11(14)15-3/h4-7H,1-3H3,(H,13,14). The van der Waals surface area contributed by atoms with Gasteiger partial charge in [0.1, 0.15) is 5.82 Å². The van der Waals surface area contributed by atoms with E-state index in [1.807, 2.05) is 13.8 Å². The third kappa shape index (κ3) is 2.68. The number of carbonyl (C=O) groups is 1. The van der Waals surface area contributed by atoms with Gasteiger partial charge in [0.05, 0.1) is 12.8 Å². The van der Waals surface area contributed by atoms with Crippen LogP contribution < -0.4 is 5.32 Å². The Kier molecular flexibility index (Phi) is 3.66. The van der Waals surface area contributed by atoms with Crippen molar-refractivity contribution in [1.82, 2.24) is 0 Å². The van der Waals surface area contributed by atoms with Crippen LogP contribution in [0.25, 0.3) is 0 Å². The summed E-state index contributed by atoms with van der Waals surface area (Å²) >= 11 is 0. The molecule has 0 aromatic heterocycles. The van der Waals surface area contributed by atoms with Gasteiger partial charge in [0.2, 0.25) is 0 Å². The van der Waals surface area contributed by atoms with E-state index in [0.29, 0.717) is 0 Å². The highest BCUT2D eigenvalue weighted by atomic mass is 19.1. The van der Waals surface area contributed by atoms with Gasteiger partial charge in [-0.15, -0.1) is 0 Å². The molecule has 15 heavy (non-hydrogen) atoms. The minimum atomic E-state index is -0.665. The average Bonchev–Trinajstić information content (AvgIpc) is 2.20. The summed E-state index contributed by atoms with van der Waals surface area (Å²) in [4.78, 5) is 11.0. The summed E-state index contributed by atoms with van der Waals surface area (Å²) in [5, 5.41) is 2.37. The lowest BCUT2D eigenvalue weighted by Gasteiger charge is -2.13. The molecule has 1 amide bonds. The Balaban J connectivity index is 3.07. The van der Waals surface area contributed by atoms with Gasteiger partial charge in [0.15, 0.2) is 0 Å². The van der Waals surface area contributed by atoms with Gasteiger partial charge in [-0.2, -0.15) is 0 Å². The molecular weight excluding hydrogens is 197 g/mol. The van der Waals surface area contributed by atoms with Crippen molar-refractivity contribution < 1.29 is 13.9 Å². The smallest absolute Gasteiger partial charge is 0.411 e. The van der Waals surface area contributed by atoms with Crippen molar-refractivity contribution in [2.45, 2.75) is 19.8 Å². The predicted molar refractivity (Wildman–Crippen MR) is 56.5 cm³/mol. The largest absolute Gasteiger partial charge is 0.453 e. The van der Waals surface area contributed by atoms with Gasteiger partial charge in [0.25, 0.3) is 0 Å². The molecule has 3 nitrogen and oxygen atoms in total. The molecule has 0 radical (unpaired) electrons. The summed E-state index contributed by atoms with van der Waals surface area (Å²) in [5.74, 6) is -0.320. The lowest BCUT2D eigenvalue weighted by molar-refractivity contribution is 0.186. The zero-order valence-electron chi connectivity index (χ0n) is 9.00. The third-order valence-corrected chi connectivity index (χ3v) is 2.08. The van der Waals surface area contributed by atoms with E-state index in [1.54, 1.807) is 12.1 Å². The van der Waals surface area contributed by atoms with Crippen LogP contribution in [0.4, 0.5) is 14.9 Å². The van der Waals surface area contributed by atoms with Crippen molar-refractivity contribution in [2.24, 2.45) is 0 Å². The number of hydrogen-bond acceptors (Lipinski definition) is 2. The molecule has 0 atom stereocenters. The Morgan fingerprint density at radius 3 is 2.67 bits per heavy atom. The van der Waals surface area contributed by atoms with Crippen molar-refractivity contribution in [3.05, 3.63) is 29.6 Å². The Hall–Kier alpha value is -1.58. The maximum atomic E-state index is 13.4. The highest BCUT2D eigenvalue weighted by molar-refractivity contribution is 5.85. The molecule has 82 valence electrons. The van der Waals surface area contributed by atoms with E-state index < -0.39 is 11.9 Å². The molecule has 0 aliphatic heterocycles. The van der Waals surface area contributed by atoms with Gasteiger partial charge in [-0.25, -0.2) is 9.18 Å². The highest BCUT2D eigenvalue weighted by Crippen LogP contribution is 2.26. The summed E-state index contributed by atoms with van der Waals surface area (Å²) in [5.41, 5.74) is 0.944. The summed E-state index contributed by atoms with van der Waals surface area (Å²) in [7, 11) is 1.24. The highest BCUT2D eigenvalue weighted by Gasteiger charge is 2.13. The lowest BCUT2D eigenvalue weighted by Crippen LogP contribution is -2.14. The molecule has 1 aromatic rings. The number of hydrogen-bond donors (Lipinski definition) is 1. The molecule has 4 heteroatoms. The summed E-state index contributed by atoms with van der Waals surface area (Å²) in [6, 6.07) is 4.70. The fourth-order valence-corrected chi connectivity index (χ4v) is 1.31. The molecule has 1 aromatic carbocycles. The van der Waals surface area contributed by atoms with Gasteiger partial charge >= 0.3 is 6.09 Å². The van der Waals surface area contributed by atoms with E-state index in [9.17, 15) is 9.18 Å². The maximum absolute atomic E-state index is 13.4. The Morgan fingerprint density at radius 2 is 2.13 bits per heavy atom. The third-order valence-electron chi connectivity index (χ3n) is 2.08. The number of benzene rings is 1. The number of amides is 1. The number of halogens is 1. The van der Waals surface area contributed by atoms with Gasteiger partial charge in [-0.3, -0.25) is 5.32 Å². The van der Waals surface area contributed by atoms with E-state index in [4.69, 9.17) is 0 Å². The van der Waals surface area contributed by atoms with Gasteiger partial charge in [0, 0.05) is 0 Å². The quantitative estimate of drug-likeness (QED) is 0.816. The minimum Gasteiger partial charge on any atom is -0.453 e. The normalized spacial score (nSPS) is 10.2. The van der Waals surface area contributed by atoms with Gasteiger partial charge in [-0.1, -0.05) is 26.0 Å². The lowest BCUT2D eigenvalue weighted by atomic mass is 10.0. The Morgan fingerprint density at radius 1 is 1.47 bits per heavy atom. The van der Waals surface area contributed by atoms with Gasteiger partial charge in [-0.05, 0) is 17.5 Å². The number of nitrogens with one attached hydrogen (secondary N) is 1. The maximum Gasteiger partial charge on any atom is 0.411 e. The van der Waals surface area contributed by atoms with Crippen LogP contribution in [-0.4, -0.2) is 13.2 Å². The molecule has 0 saturated carbocycles. The van der Waals surface area contributed by atoms with E-state index in [-0.39, 0.29) is 11.6 Å². The number of methoxy groups -OCH3 is 1. The van der Waals surface area contributed by atoms with Gasteiger partial charge < -0.3 is 4.74 Å². The Labute approximate surface area is 88.2 Å². The van der Waals surface area contributed by atoms with Crippen molar-refractivity contribution in [3.63, 3.8) is 0 Å². The predicted octanol–water partition coefficient (Wildman–Crippen LogP) is 3.13. The molecule has 0 unspecified atom stereocenters. The van der Waals surface area contributed by atoms with E-state index in [2.05, 4.69) is 10.1 Å². The fraction of sp³-hybridized carbons (Fsp3) is 0.364. The van der Waals surface area contributed by atoms with E-state index in [1.165, 1.54) is 13.2 Å². The zero-order chi connectivity index (χ0) is 11.4. The molecule has 0 spiro atoms. The first-order valence-corrected chi connectivity index (χ1v) is 4.69. The number of rotatable bonds is 2. The SMILES string of the molecule is COC(=O)Nc1c(F)cccc1C(C)C. The van der Waals surface area contributed by atoms with Crippen LogP contribution in [0.1, 0.15) is 25.3 Å². The van der Waals surface area contributed by atoms with E-state index >= 15 is 0 Å². The molecule has 1 N–H and O–H groups in total. The summed E-state index contributed by atoms with van der Waals surface area (Å²) in [6.07, 6.45) is -0.665. The first-order valence-electron chi connectivity index (χ1n) is 4.69. The molecule has 0 heterocycles. The second-order valence-corrected chi connectivity index (χ2v) is 3.48. The number of carbonyl (C=O) groups excluding carboxylic acids is 1. The van der Waals surface area contributed by atoms with E-state index in [0.717, 1.165) is 5.56 Å². The van der Waals surface area contributed by atoms with Crippen LogP contribution in [0, 0.1) is 5.82 Å². The molecular formula is C11H14FNO2. The number of para-hydroxylation sites is 1. The molecule has 0 aliphatic carbocycles. The van der Waals surface area contributed by atoms with Crippen LogP contribution in [0.15, 0.2) is 18.2 Å². The van der Waals surface area contributed by atoms with Crippen molar-refractivity contribution >= 4 is 11.8 Å². The molecule has 0 fully saturated rings. The number of ether oxygens (including phenoxy) is 1.